The van der Waals surface area contributed by atoms with Crippen LogP contribution in [0, 0.1) is 6.92 Å². The van der Waals surface area contributed by atoms with Crippen LogP contribution in [0.15, 0.2) is 18.5 Å². The fourth-order valence-electron chi connectivity index (χ4n) is 3.63. The molecule has 2 unspecified atom stereocenters. The fourth-order valence-corrected chi connectivity index (χ4v) is 3.63. The maximum atomic E-state index is 6.30. The number of hydrogen-bond acceptors (Lipinski definition) is 3. The van der Waals surface area contributed by atoms with E-state index in [9.17, 15) is 0 Å². The van der Waals surface area contributed by atoms with Crippen molar-refractivity contribution in [2.24, 2.45) is 0 Å². The largest absolute Gasteiger partial charge is 0.461 e. The molecule has 2 heterocycles. The lowest BCUT2D eigenvalue weighted by Gasteiger charge is -2.32. The van der Waals surface area contributed by atoms with Crippen LogP contribution < -0.4 is 0 Å². The summed E-state index contributed by atoms with van der Waals surface area (Å²) >= 11 is 0. The van der Waals surface area contributed by atoms with Crippen molar-refractivity contribution in [2.45, 2.75) is 76.8 Å². The van der Waals surface area contributed by atoms with E-state index in [2.05, 4.69) is 45.7 Å². The van der Waals surface area contributed by atoms with Gasteiger partial charge in [-0.15, -0.1) is 0 Å². The summed E-state index contributed by atoms with van der Waals surface area (Å²) in [5.74, 6) is 0.947. The van der Waals surface area contributed by atoms with E-state index >= 15 is 0 Å². The average molecular weight is 287 g/mol. The molecular formula is C17H26BNO2. The van der Waals surface area contributed by atoms with Crippen LogP contribution in [0.1, 0.15) is 64.0 Å². The van der Waals surface area contributed by atoms with Gasteiger partial charge in [-0.05, 0) is 64.2 Å². The maximum absolute atomic E-state index is 6.30. The molecule has 0 radical (unpaired) electrons. The topological polar surface area (TPSA) is 31.4 Å². The number of aromatic nitrogens is 1. The molecule has 0 spiro atoms. The second-order valence-electron chi connectivity index (χ2n) is 7.56. The van der Waals surface area contributed by atoms with E-state index in [1.165, 1.54) is 30.4 Å². The van der Waals surface area contributed by atoms with E-state index < -0.39 is 0 Å². The molecule has 2 atom stereocenters. The summed E-state index contributed by atoms with van der Waals surface area (Å²) in [6, 6.07) is 2.11. The van der Waals surface area contributed by atoms with Gasteiger partial charge in [0, 0.05) is 18.2 Å². The van der Waals surface area contributed by atoms with Gasteiger partial charge in [-0.2, -0.15) is 0 Å². The van der Waals surface area contributed by atoms with Crippen LogP contribution in [-0.4, -0.2) is 23.3 Å². The monoisotopic (exact) mass is 287 g/mol. The average Bonchev–Trinajstić information content (AvgIpc) is 2.93. The summed E-state index contributed by atoms with van der Waals surface area (Å²) in [6.45, 7) is 10.7. The molecule has 3 rings (SSSR count). The normalized spacial score (nSPS) is 30.8. The second-order valence-corrected chi connectivity index (χ2v) is 7.56. The van der Waals surface area contributed by atoms with Crippen molar-refractivity contribution in [1.29, 1.82) is 0 Å². The summed E-state index contributed by atoms with van der Waals surface area (Å²) in [5.41, 5.74) is 2.22. The van der Waals surface area contributed by atoms with Crippen molar-refractivity contribution in [1.82, 2.24) is 4.98 Å². The molecule has 0 aromatic carbocycles. The maximum Gasteiger partial charge on any atom is 0.461 e. The predicted octanol–water partition coefficient (Wildman–Crippen LogP) is 4.12. The highest BCUT2D eigenvalue weighted by atomic mass is 16.7. The van der Waals surface area contributed by atoms with Crippen LogP contribution in [-0.2, 0) is 9.31 Å². The van der Waals surface area contributed by atoms with Crippen LogP contribution in [0.5, 0.6) is 0 Å². The Morgan fingerprint density at radius 2 is 1.81 bits per heavy atom. The number of nitrogens with zero attached hydrogens (tertiary/aromatic N) is 1. The second kappa shape index (κ2) is 5.10. The first kappa shape index (κ1) is 15.0. The Balaban J connectivity index is 1.85. The SMILES string of the molecule is Cc1ccncc1C1CCCC1B1OC(C)(C)C(C)(C)O1. The number of rotatable bonds is 2. The Kier molecular flexibility index (Phi) is 3.65. The molecule has 1 saturated heterocycles. The Hall–Kier alpha value is -0.865. The first-order valence-electron chi connectivity index (χ1n) is 8.08. The Morgan fingerprint density at radius 1 is 1.14 bits per heavy atom. The Bertz CT molecular complexity index is 513. The zero-order valence-corrected chi connectivity index (χ0v) is 13.8. The molecule has 3 nitrogen and oxygen atoms in total. The van der Waals surface area contributed by atoms with Crippen LogP contribution in [0.2, 0.25) is 5.82 Å². The highest BCUT2D eigenvalue weighted by molar-refractivity contribution is 6.47. The molecule has 114 valence electrons. The highest BCUT2D eigenvalue weighted by Gasteiger charge is 2.55. The van der Waals surface area contributed by atoms with Crippen LogP contribution >= 0.6 is 0 Å². The van der Waals surface area contributed by atoms with E-state index in [1.807, 2.05) is 12.4 Å². The third-order valence-corrected chi connectivity index (χ3v) is 5.67. The van der Waals surface area contributed by atoms with Crippen molar-refractivity contribution in [3.63, 3.8) is 0 Å². The Morgan fingerprint density at radius 3 is 2.43 bits per heavy atom. The van der Waals surface area contributed by atoms with Gasteiger partial charge in [0.15, 0.2) is 0 Å². The molecule has 0 amide bonds. The van der Waals surface area contributed by atoms with Crippen LogP contribution in [0.25, 0.3) is 0 Å². The molecule has 0 N–H and O–H groups in total. The fraction of sp³-hybridized carbons (Fsp3) is 0.706. The summed E-state index contributed by atoms with van der Waals surface area (Å²) in [4.78, 5) is 4.33. The third kappa shape index (κ3) is 2.53. The molecular weight excluding hydrogens is 261 g/mol. The number of hydrogen-bond donors (Lipinski definition) is 0. The van der Waals surface area contributed by atoms with E-state index in [-0.39, 0.29) is 18.3 Å². The van der Waals surface area contributed by atoms with Crippen molar-refractivity contribution in [2.75, 3.05) is 0 Å². The zero-order valence-electron chi connectivity index (χ0n) is 13.8. The van der Waals surface area contributed by atoms with Gasteiger partial charge in [0.2, 0.25) is 0 Å². The summed E-state index contributed by atoms with van der Waals surface area (Å²) in [7, 11) is -0.0953. The molecule has 1 saturated carbocycles. The zero-order chi connectivity index (χ0) is 15.3. The third-order valence-electron chi connectivity index (χ3n) is 5.67. The minimum absolute atomic E-state index is 0.0953. The molecule has 2 fully saturated rings. The minimum Gasteiger partial charge on any atom is -0.403 e. The van der Waals surface area contributed by atoms with Gasteiger partial charge >= 0.3 is 7.12 Å². The lowest BCUT2D eigenvalue weighted by Crippen LogP contribution is -2.41. The molecule has 2 aliphatic rings. The summed E-state index contributed by atoms with van der Waals surface area (Å²) in [6.07, 6.45) is 7.53. The highest BCUT2D eigenvalue weighted by Crippen LogP contribution is 2.51. The van der Waals surface area contributed by atoms with Gasteiger partial charge < -0.3 is 9.31 Å². The summed E-state index contributed by atoms with van der Waals surface area (Å²) in [5, 5.41) is 0. The van der Waals surface area contributed by atoms with E-state index in [1.54, 1.807) is 0 Å². The van der Waals surface area contributed by atoms with E-state index in [0.29, 0.717) is 11.7 Å². The van der Waals surface area contributed by atoms with Crippen LogP contribution in [0.3, 0.4) is 0 Å². The minimum atomic E-state index is -0.241. The summed E-state index contributed by atoms with van der Waals surface area (Å²) < 4.78 is 12.6. The van der Waals surface area contributed by atoms with E-state index in [0.717, 1.165) is 0 Å². The molecule has 1 aliphatic carbocycles. The molecule has 1 aromatic rings. The molecule has 0 bridgehead atoms. The van der Waals surface area contributed by atoms with Crippen molar-refractivity contribution in [3.05, 3.63) is 29.6 Å². The van der Waals surface area contributed by atoms with Crippen molar-refractivity contribution in [3.8, 4) is 0 Å². The van der Waals surface area contributed by atoms with Gasteiger partial charge in [0.25, 0.3) is 0 Å². The van der Waals surface area contributed by atoms with Crippen molar-refractivity contribution >= 4 is 7.12 Å². The predicted molar refractivity (Wildman–Crippen MR) is 85.4 cm³/mol. The van der Waals surface area contributed by atoms with Gasteiger partial charge in [0.1, 0.15) is 0 Å². The van der Waals surface area contributed by atoms with Crippen LogP contribution in [0.4, 0.5) is 0 Å². The number of aryl methyl sites for hydroxylation is 1. The van der Waals surface area contributed by atoms with Gasteiger partial charge in [0.05, 0.1) is 11.2 Å². The first-order chi connectivity index (χ1) is 9.82. The van der Waals surface area contributed by atoms with Gasteiger partial charge in [-0.1, -0.05) is 12.8 Å². The van der Waals surface area contributed by atoms with Gasteiger partial charge in [-0.25, -0.2) is 0 Å². The van der Waals surface area contributed by atoms with Crippen molar-refractivity contribution < 1.29 is 9.31 Å². The quantitative estimate of drug-likeness (QED) is 0.767. The smallest absolute Gasteiger partial charge is 0.403 e. The molecule has 1 aromatic heterocycles. The van der Waals surface area contributed by atoms with E-state index in [4.69, 9.17) is 9.31 Å². The molecule has 1 aliphatic heterocycles. The lowest BCUT2D eigenvalue weighted by atomic mass is 9.64. The molecule has 21 heavy (non-hydrogen) atoms. The standard InChI is InChI=1S/C17H26BNO2/c1-12-9-10-19-11-14(12)13-7-6-8-15(13)18-20-16(2,3)17(4,5)21-18/h9-11,13,15H,6-8H2,1-5H3. The number of pyridine rings is 1. The Labute approximate surface area is 128 Å². The molecule has 4 heteroatoms. The first-order valence-corrected chi connectivity index (χ1v) is 8.08. The van der Waals surface area contributed by atoms with Gasteiger partial charge in [-0.3, -0.25) is 4.98 Å². The lowest BCUT2D eigenvalue weighted by molar-refractivity contribution is 0.00578.